The number of rotatable bonds is 6. The lowest BCUT2D eigenvalue weighted by atomic mass is 10.1. The van der Waals surface area contributed by atoms with Crippen molar-refractivity contribution in [3.63, 3.8) is 0 Å². The van der Waals surface area contributed by atoms with Crippen LogP contribution in [0.5, 0.6) is 5.75 Å². The summed E-state index contributed by atoms with van der Waals surface area (Å²) in [7, 11) is 1.67. The van der Waals surface area contributed by atoms with Gasteiger partial charge in [-0.3, -0.25) is 10.1 Å². The maximum atomic E-state index is 11.0. The predicted octanol–water partition coefficient (Wildman–Crippen LogP) is 3.94. The highest BCUT2D eigenvalue weighted by Crippen LogP contribution is 2.31. The minimum Gasteiger partial charge on any atom is -0.488 e. The van der Waals surface area contributed by atoms with E-state index in [4.69, 9.17) is 4.74 Å². The molecule has 0 fully saturated rings. The molecule has 0 spiro atoms. The van der Waals surface area contributed by atoms with Crippen LogP contribution in [0, 0.1) is 10.1 Å². The monoisotopic (exact) mass is 304 g/mol. The van der Waals surface area contributed by atoms with Gasteiger partial charge in [-0.05, 0) is 18.4 Å². The third-order valence-electron chi connectivity index (χ3n) is 3.03. The molecular formula is C15H16N2O3S. The van der Waals surface area contributed by atoms with Gasteiger partial charge >= 0.3 is 0 Å². The first kappa shape index (κ1) is 15.2. The fraction of sp³-hybridized carbons (Fsp3) is 0.200. The highest BCUT2D eigenvalue weighted by Gasteiger charge is 2.16. The van der Waals surface area contributed by atoms with E-state index in [1.165, 1.54) is 6.07 Å². The molecule has 0 saturated heterocycles. The molecule has 2 aromatic rings. The van der Waals surface area contributed by atoms with Gasteiger partial charge in [-0.2, -0.15) is 0 Å². The Kier molecular flexibility index (Phi) is 5.05. The number of hydrogen-bond acceptors (Lipinski definition) is 5. The van der Waals surface area contributed by atoms with E-state index in [2.05, 4.69) is 5.32 Å². The Bertz CT molecular complexity index is 647. The Labute approximate surface area is 127 Å². The molecule has 0 aliphatic heterocycles. The highest BCUT2D eigenvalue weighted by molar-refractivity contribution is 7.98. The van der Waals surface area contributed by atoms with E-state index in [0.29, 0.717) is 5.69 Å². The molecule has 110 valence electrons. The van der Waals surface area contributed by atoms with E-state index in [1.807, 2.05) is 36.6 Å². The summed E-state index contributed by atoms with van der Waals surface area (Å²) in [5.74, 6) is 0.776. The fourth-order valence-electron chi connectivity index (χ4n) is 2.04. The second-order valence-electron chi connectivity index (χ2n) is 4.26. The van der Waals surface area contributed by atoms with Crippen molar-refractivity contribution in [1.82, 2.24) is 0 Å². The number of nitrogens with zero attached hydrogens (tertiary/aromatic N) is 1. The minimum atomic E-state index is -0.398. The summed E-state index contributed by atoms with van der Waals surface area (Å²) in [6.07, 6.45) is 1.98. The van der Waals surface area contributed by atoms with Crippen LogP contribution in [0.2, 0.25) is 0 Å². The van der Waals surface area contributed by atoms with Crippen LogP contribution in [0.3, 0.4) is 0 Å². The van der Waals surface area contributed by atoms with Crippen LogP contribution in [0.1, 0.15) is 5.56 Å². The van der Waals surface area contributed by atoms with Gasteiger partial charge in [0.25, 0.3) is 5.69 Å². The van der Waals surface area contributed by atoms with Crippen LogP contribution in [-0.2, 0) is 6.61 Å². The van der Waals surface area contributed by atoms with Crippen LogP contribution in [0.15, 0.2) is 47.4 Å². The number of para-hydroxylation sites is 2. The predicted molar refractivity (Wildman–Crippen MR) is 85.2 cm³/mol. The Hall–Kier alpha value is -2.21. The molecule has 1 N–H and O–H groups in total. The Balaban J connectivity index is 2.24. The average molecular weight is 304 g/mol. The highest BCUT2D eigenvalue weighted by atomic mass is 32.2. The van der Waals surface area contributed by atoms with E-state index in [9.17, 15) is 10.1 Å². The molecule has 21 heavy (non-hydrogen) atoms. The number of thioether (sulfide) groups is 1. The molecular weight excluding hydrogens is 288 g/mol. The molecule has 0 amide bonds. The summed E-state index contributed by atoms with van der Waals surface area (Å²) in [6.45, 7) is 0.273. The topological polar surface area (TPSA) is 64.4 Å². The normalized spacial score (nSPS) is 10.2. The van der Waals surface area contributed by atoms with Crippen molar-refractivity contribution < 1.29 is 9.66 Å². The number of anilines is 1. The van der Waals surface area contributed by atoms with E-state index < -0.39 is 4.92 Å². The van der Waals surface area contributed by atoms with E-state index in [1.54, 1.807) is 24.9 Å². The Morgan fingerprint density at radius 1 is 1.24 bits per heavy atom. The molecule has 5 nitrogen and oxygen atoms in total. The number of nitro groups is 1. The van der Waals surface area contributed by atoms with Crippen molar-refractivity contribution in [2.24, 2.45) is 0 Å². The molecule has 0 heterocycles. The minimum absolute atomic E-state index is 0.0525. The van der Waals surface area contributed by atoms with Gasteiger partial charge in [0.1, 0.15) is 18.0 Å². The third kappa shape index (κ3) is 3.46. The summed E-state index contributed by atoms with van der Waals surface area (Å²) in [4.78, 5) is 11.7. The van der Waals surface area contributed by atoms with Crippen LogP contribution >= 0.6 is 11.8 Å². The van der Waals surface area contributed by atoms with E-state index in [-0.39, 0.29) is 12.3 Å². The number of nitrogens with one attached hydrogen (secondary N) is 1. The molecule has 0 radical (unpaired) electrons. The Morgan fingerprint density at radius 3 is 2.67 bits per heavy atom. The first-order chi connectivity index (χ1) is 10.2. The largest absolute Gasteiger partial charge is 0.488 e. The summed E-state index contributed by atoms with van der Waals surface area (Å²) >= 11 is 1.60. The van der Waals surface area contributed by atoms with Crippen molar-refractivity contribution in [3.8, 4) is 5.75 Å². The summed E-state index contributed by atoms with van der Waals surface area (Å²) in [5.41, 5.74) is 1.29. The van der Waals surface area contributed by atoms with Crippen molar-refractivity contribution in [2.75, 3.05) is 18.6 Å². The number of hydrogen-bond donors (Lipinski definition) is 1. The lowest BCUT2D eigenvalue weighted by molar-refractivity contribution is -0.384. The van der Waals surface area contributed by atoms with Gasteiger partial charge in [0.05, 0.1) is 4.92 Å². The molecule has 0 atom stereocenters. The van der Waals surface area contributed by atoms with E-state index >= 15 is 0 Å². The van der Waals surface area contributed by atoms with Gasteiger partial charge in [0, 0.05) is 23.6 Å². The van der Waals surface area contributed by atoms with Gasteiger partial charge in [-0.15, -0.1) is 11.8 Å². The van der Waals surface area contributed by atoms with Gasteiger partial charge in [0.15, 0.2) is 0 Å². The molecule has 2 aromatic carbocycles. The van der Waals surface area contributed by atoms with Crippen molar-refractivity contribution in [2.45, 2.75) is 11.5 Å². The second-order valence-corrected chi connectivity index (χ2v) is 5.11. The van der Waals surface area contributed by atoms with Crippen LogP contribution in [-0.4, -0.2) is 18.2 Å². The van der Waals surface area contributed by atoms with Crippen LogP contribution < -0.4 is 10.1 Å². The summed E-state index contributed by atoms with van der Waals surface area (Å²) in [6, 6.07) is 12.7. The lowest BCUT2D eigenvalue weighted by Gasteiger charge is -2.12. The zero-order valence-corrected chi connectivity index (χ0v) is 12.6. The quantitative estimate of drug-likeness (QED) is 0.497. The standard InChI is InChI=1S/C15H16N2O3S/c1-16-15-11(6-5-7-12(15)17(18)19)10-20-13-8-3-4-9-14(13)21-2/h3-9,16H,10H2,1-2H3. The van der Waals surface area contributed by atoms with E-state index in [0.717, 1.165) is 16.2 Å². The molecule has 2 rings (SSSR count). The average Bonchev–Trinajstić information content (AvgIpc) is 2.52. The van der Waals surface area contributed by atoms with Gasteiger partial charge < -0.3 is 10.1 Å². The summed E-state index contributed by atoms with van der Waals surface area (Å²) < 4.78 is 5.81. The van der Waals surface area contributed by atoms with Crippen molar-refractivity contribution in [1.29, 1.82) is 0 Å². The molecule has 0 aliphatic rings. The second kappa shape index (κ2) is 6.99. The molecule has 0 aliphatic carbocycles. The smallest absolute Gasteiger partial charge is 0.292 e. The lowest BCUT2D eigenvalue weighted by Crippen LogP contribution is -2.04. The van der Waals surface area contributed by atoms with Crippen LogP contribution in [0.4, 0.5) is 11.4 Å². The third-order valence-corrected chi connectivity index (χ3v) is 3.80. The van der Waals surface area contributed by atoms with Crippen LogP contribution in [0.25, 0.3) is 0 Å². The molecule has 0 saturated carbocycles. The maximum Gasteiger partial charge on any atom is 0.292 e. The molecule has 0 bridgehead atoms. The van der Waals surface area contributed by atoms with Gasteiger partial charge in [-0.25, -0.2) is 0 Å². The first-order valence-electron chi connectivity index (χ1n) is 6.37. The van der Waals surface area contributed by atoms with Crippen molar-refractivity contribution >= 4 is 23.1 Å². The molecule has 0 aromatic heterocycles. The summed E-state index contributed by atoms with van der Waals surface area (Å²) in [5, 5.41) is 13.9. The SMILES string of the molecule is CNc1c(COc2ccccc2SC)cccc1[N+](=O)[O-]. The number of benzene rings is 2. The zero-order chi connectivity index (χ0) is 15.2. The van der Waals surface area contributed by atoms with Crippen molar-refractivity contribution in [3.05, 3.63) is 58.1 Å². The fourth-order valence-corrected chi connectivity index (χ4v) is 2.58. The Morgan fingerprint density at radius 2 is 2.00 bits per heavy atom. The molecule has 0 unspecified atom stereocenters. The number of ether oxygens (including phenoxy) is 1. The van der Waals surface area contributed by atoms with Gasteiger partial charge in [-0.1, -0.05) is 24.3 Å². The maximum absolute atomic E-state index is 11.0. The first-order valence-corrected chi connectivity index (χ1v) is 7.59. The van der Waals surface area contributed by atoms with Gasteiger partial charge in [0.2, 0.25) is 0 Å². The zero-order valence-electron chi connectivity index (χ0n) is 11.8. The molecule has 6 heteroatoms. The number of nitro benzene ring substituents is 1.